The Bertz CT molecular complexity index is 443. The van der Waals surface area contributed by atoms with Crippen molar-refractivity contribution in [3.8, 4) is 0 Å². The zero-order valence-corrected chi connectivity index (χ0v) is 12.1. The van der Waals surface area contributed by atoms with Crippen molar-refractivity contribution in [1.29, 1.82) is 0 Å². The molecule has 0 aliphatic heterocycles. The van der Waals surface area contributed by atoms with E-state index in [1.165, 1.54) is 5.56 Å². The first-order chi connectivity index (χ1) is 9.47. The zero-order valence-electron chi connectivity index (χ0n) is 12.1. The molecule has 0 fully saturated rings. The molecule has 0 saturated heterocycles. The molecule has 1 amide bonds. The van der Waals surface area contributed by atoms with Gasteiger partial charge in [-0.25, -0.2) is 0 Å². The summed E-state index contributed by atoms with van der Waals surface area (Å²) in [5.74, 6) is -0.856. The van der Waals surface area contributed by atoms with Crippen molar-refractivity contribution in [2.24, 2.45) is 0 Å². The van der Waals surface area contributed by atoms with Gasteiger partial charge >= 0.3 is 5.97 Å². The third-order valence-corrected chi connectivity index (χ3v) is 2.95. The van der Waals surface area contributed by atoms with Gasteiger partial charge in [0.15, 0.2) is 0 Å². The van der Waals surface area contributed by atoms with Crippen LogP contribution >= 0.6 is 0 Å². The van der Waals surface area contributed by atoms with E-state index in [4.69, 9.17) is 5.11 Å². The highest BCUT2D eigenvalue weighted by molar-refractivity contribution is 5.77. The largest absolute Gasteiger partial charge is 0.481 e. The molecule has 0 unspecified atom stereocenters. The zero-order chi connectivity index (χ0) is 15.0. The summed E-state index contributed by atoms with van der Waals surface area (Å²) in [7, 11) is 1.81. The second kappa shape index (κ2) is 8.32. The third-order valence-electron chi connectivity index (χ3n) is 2.95. The van der Waals surface area contributed by atoms with Crippen molar-refractivity contribution in [1.82, 2.24) is 10.2 Å². The highest BCUT2D eigenvalue weighted by atomic mass is 16.4. The number of carbonyl (C=O) groups excluding carboxylic acids is 1. The van der Waals surface area contributed by atoms with Gasteiger partial charge in [0.1, 0.15) is 0 Å². The predicted octanol–water partition coefficient (Wildman–Crippen LogP) is 1.41. The lowest BCUT2D eigenvalue weighted by molar-refractivity contribution is -0.137. The fourth-order valence-electron chi connectivity index (χ4n) is 1.79. The smallest absolute Gasteiger partial charge is 0.303 e. The lowest BCUT2D eigenvalue weighted by Crippen LogP contribution is -2.35. The molecular formula is C15H22N2O3. The van der Waals surface area contributed by atoms with E-state index in [9.17, 15) is 9.59 Å². The van der Waals surface area contributed by atoms with Gasteiger partial charge in [0, 0.05) is 13.0 Å². The third kappa shape index (κ3) is 6.89. The van der Waals surface area contributed by atoms with Crippen LogP contribution in [0.4, 0.5) is 0 Å². The van der Waals surface area contributed by atoms with E-state index in [1.807, 2.05) is 43.1 Å². The Hall–Kier alpha value is -1.88. The van der Waals surface area contributed by atoms with Crippen LogP contribution < -0.4 is 5.32 Å². The molecule has 110 valence electrons. The Labute approximate surface area is 119 Å². The normalized spacial score (nSPS) is 10.6. The van der Waals surface area contributed by atoms with Gasteiger partial charge in [0.25, 0.3) is 0 Å². The summed E-state index contributed by atoms with van der Waals surface area (Å²) in [6, 6.07) is 8.01. The molecule has 5 heteroatoms. The standard InChI is InChI=1S/C15H22N2O3/c1-12-5-7-13(8-6-12)10-16-14(18)11-17(2)9-3-4-15(19)20/h5-8H,3-4,9-11H2,1-2H3,(H,16,18)(H,19,20). The number of hydrogen-bond acceptors (Lipinski definition) is 3. The Morgan fingerprint density at radius 2 is 1.90 bits per heavy atom. The van der Waals surface area contributed by atoms with Crippen LogP contribution in [0.25, 0.3) is 0 Å². The van der Waals surface area contributed by atoms with E-state index >= 15 is 0 Å². The van der Waals surface area contributed by atoms with E-state index in [-0.39, 0.29) is 18.9 Å². The molecule has 1 aromatic carbocycles. The minimum Gasteiger partial charge on any atom is -0.481 e. The van der Waals surface area contributed by atoms with Crippen LogP contribution in [-0.4, -0.2) is 42.0 Å². The number of rotatable bonds is 8. The number of aryl methyl sites for hydroxylation is 1. The molecule has 0 aromatic heterocycles. The van der Waals surface area contributed by atoms with Gasteiger partial charge < -0.3 is 10.4 Å². The summed E-state index contributed by atoms with van der Waals surface area (Å²) in [5.41, 5.74) is 2.26. The molecule has 0 saturated carbocycles. The van der Waals surface area contributed by atoms with E-state index in [2.05, 4.69) is 5.32 Å². The molecule has 0 atom stereocenters. The second-order valence-corrected chi connectivity index (χ2v) is 5.00. The van der Waals surface area contributed by atoms with Crippen molar-refractivity contribution < 1.29 is 14.7 Å². The number of benzene rings is 1. The molecule has 1 aromatic rings. The van der Waals surface area contributed by atoms with Crippen LogP contribution in [0.2, 0.25) is 0 Å². The first kappa shape index (κ1) is 16.2. The first-order valence-corrected chi connectivity index (χ1v) is 6.70. The number of aliphatic carboxylic acids is 1. The molecule has 5 nitrogen and oxygen atoms in total. The van der Waals surface area contributed by atoms with E-state index < -0.39 is 5.97 Å². The second-order valence-electron chi connectivity index (χ2n) is 5.00. The van der Waals surface area contributed by atoms with Crippen LogP contribution in [0, 0.1) is 6.92 Å². The van der Waals surface area contributed by atoms with Gasteiger partial charge in [-0.2, -0.15) is 0 Å². The van der Waals surface area contributed by atoms with Crippen molar-refractivity contribution in [2.75, 3.05) is 20.1 Å². The predicted molar refractivity (Wildman–Crippen MR) is 77.4 cm³/mol. The molecule has 20 heavy (non-hydrogen) atoms. The molecule has 1 rings (SSSR count). The quantitative estimate of drug-likeness (QED) is 0.754. The molecule has 0 heterocycles. The number of amides is 1. The summed E-state index contributed by atoms with van der Waals surface area (Å²) in [6.45, 7) is 3.42. The van der Waals surface area contributed by atoms with Crippen LogP contribution in [0.3, 0.4) is 0 Å². The van der Waals surface area contributed by atoms with Gasteiger partial charge in [-0.1, -0.05) is 29.8 Å². The van der Waals surface area contributed by atoms with Gasteiger partial charge in [-0.3, -0.25) is 14.5 Å². The Morgan fingerprint density at radius 3 is 2.50 bits per heavy atom. The maximum absolute atomic E-state index is 11.7. The minimum atomic E-state index is -0.803. The maximum atomic E-state index is 11.7. The Kier molecular flexibility index (Phi) is 6.73. The number of carboxylic acid groups (broad SMARTS) is 1. The molecule has 0 spiro atoms. The number of carbonyl (C=O) groups is 2. The van der Waals surface area contributed by atoms with Gasteiger partial charge in [0.05, 0.1) is 6.54 Å². The summed E-state index contributed by atoms with van der Waals surface area (Å²) in [6.07, 6.45) is 0.687. The van der Waals surface area contributed by atoms with Gasteiger partial charge in [-0.05, 0) is 32.5 Å². The minimum absolute atomic E-state index is 0.0524. The van der Waals surface area contributed by atoms with Crippen molar-refractivity contribution in [3.63, 3.8) is 0 Å². The fourth-order valence-corrected chi connectivity index (χ4v) is 1.79. The monoisotopic (exact) mass is 278 g/mol. The molecule has 0 radical (unpaired) electrons. The average Bonchev–Trinajstić information content (AvgIpc) is 2.37. The summed E-state index contributed by atoms with van der Waals surface area (Å²) in [4.78, 5) is 23.9. The van der Waals surface area contributed by atoms with Crippen LogP contribution in [-0.2, 0) is 16.1 Å². The van der Waals surface area contributed by atoms with E-state index in [1.54, 1.807) is 0 Å². The summed E-state index contributed by atoms with van der Waals surface area (Å²) in [5, 5.41) is 11.4. The number of carboxylic acids is 1. The van der Waals surface area contributed by atoms with Crippen LogP contribution in [0.5, 0.6) is 0 Å². The van der Waals surface area contributed by atoms with Crippen LogP contribution in [0.15, 0.2) is 24.3 Å². The lowest BCUT2D eigenvalue weighted by Gasteiger charge is -2.15. The molecule has 0 aliphatic rings. The first-order valence-electron chi connectivity index (χ1n) is 6.70. The van der Waals surface area contributed by atoms with Gasteiger partial charge in [0.2, 0.25) is 5.91 Å². The summed E-state index contributed by atoms with van der Waals surface area (Å²) >= 11 is 0. The molecular weight excluding hydrogens is 256 g/mol. The topological polar surface area (TPSA) is 69.6 Å². The molecule has 0 aliphatic carbocycles. The average molecular weight is 278 g/mol. The van der Waals surface area contributed by atoms with Gasteiger partial charge in [-0.15, -0.1) is 0 Å². The van der Waals surface area contributed by atoms with E-state index in [0.29, 0.717) is 19.5 Å². The highest BCUT2D eigenvalue weighted by Crippen LogP contribution is 2.02. The number of nitrogens with zero attached hydrogens (tertiary/aromatic N) is 1. The fraction of sp³-hybridized carbons (Fsp3) is 0.467. The Balaban J connectivity index is 2.22. The highest BCUT2D eigenvalue weighted by Gasteiger charge is 2.07. The summed E-state index contributed by atoms with van der Waals surface area (Å²) < 4.78 is 0. The van der Waals surface area contributed by atoms with Crippen molar-refractivity contribution in [2.45, 2.75) is 26.3 Å². The maximum Gasteiger partial charge on any atom is 0.303 e. The lowest BCUT2D eigenvalue weighted by atomic mass is 10.1. The van der Waals surface area contributed by atoms with Crippen molar-refractivity contribution in [3.05, 3.63) is 35.4 Å². The SMILES string of the molecule is Cc1ccc(CNC(=O)CN(C)CCCC(=O)O)cc1. The molecule has 2 N–H and O–H groups in total. The number of likely N-dealkylation sites (N-methyl/N-ethyl adjacent to an activating group) is 1. The Morgan fingerprint density at radius 1 is 1.25 bits per heavy atom. The van der Waals surface area contributed by atoms with E-state index in [0.717, 1.165) is 5.56 Å². The molecule has 0 bridgehead atoms. The number of nitrogens with one attached hydrogen (secondary N) is 1. The van der Waals surface area contributed by atoms with Crippen molar-refractivity contribution >= 4 is 11.9 Å². The van der Waals surface area contributed by atoms with Crippen LogP contribution in [0.1, 0.15) is 24.0 Å². The number of hydrogen-bond donors (Lipinski definition) is 2.